The highest BCUT2D eigenvalue weighted by Crippen LogP contribution is 2.28. The largest absolute Gasteiger partial charge is 0.493 e. The average molecular weight is 310 g/mol. The predicted molar refractivity (Wildman–Crippen MR) is 78.5 cm³/mol. The third-order valence-corrected chi connectivity index (χ3v) is 2.52. The minimum Gasteiger partial charge on any atom is -0.493 e. The molecule has 0 bridgehead atoms. The van der Waals surface area contributed by atoms with Crippen LogP contribution < -0.4 is 14.9 Å². The molecule has 1 amide bonds. The van der Waals surface area contributed by atoms with Crippen LogP contribution in [-0.2, 0) is 9.53 Å². The molecule has 1 rings (SSSR count). The van der Waals surface area contributed by atoms with E-state index >= 15 is 0 Å². The zero-order valence-electron chi connectivity index (χ0n) is 12.6. The molecule has 0 saturated carbocycles. The van der Waals surface area contributed by atoms with Crippen LogP contribution in [-0.4, -0.2) is 43.2 Å². The molecular weight excluding hydrogens is 292 g/mol. The van der Waals surface area contributed by atoms with Gasteiger partial charge in [0.15, 0.2) is 18.1 Å². The van der Waals surface area contributed by atoms with Gasteiger partial charge in [0, 0.05) is 5.56 Å². The lowest BCUT2D eigenvalue weighted by molar-refractivity contribution is -0.139. The number of nitrogens with zero attached hydrogens (tertiary/aromatic N) is 1. The molecule has 120 valence electrons. The third kappa shape index (κ3) is 5.31. The second kappa shape index (κ2) is 8.50. The lowest BCUT2D eigenvalue weighted by atomic mass is 10.1. The van der Waals surface area contributed by atoms with Crippen molar-refractivity contribution in [1.29, 1.82) is 0 Å². The maximum atomic E-state index is 11.2. The number of carbonyl (C=O) groups excluding carboxylic acids is 1. The Balaban J connectivity index is 2.85. The smallest absolute Gasteiger partial charge is 0.427 e. The number of aliphatic carboxylic acids is 1. The van der Waals surface area contributed by atoms with E-state index in [1.165, 1.54) is 7.11 Å². The number of rotatable bonds is 7. The summed E-state index contributed by atoms with van der Waals surface area (Å²) in [6.45, 7) is 3.17. The Morgan fingerprint density at radius 2 is 2.05 bits per heavy atom. The monoisotopic (exact) mass is 310 g/mol. The second-order valence-corrected chi connectivity index (χ2v) is 4.08. The van der Waals surface area contributed by atoms with Gasteiger partial charge in [0.05, 0.1) is 19.4 Å². The molecule has 0 aliphatic heterocycles. The molecule has 22 heavy (non-hydrogen) atoms. The summed E-state index contributed by atoms with van der Waals surface area (Å²) in [7, 11) is 1.44. The molecule has 0 heterocycles. The van der Waals surface area contributed by atoms with Crippen molar-refractivity contribution in [2.24, 2.45) is 5.10 Å². The molecule has 0 aromatic heterocycles. The van der Waals surface area contributed by atoms with Crippen molar-refractivity contribution < 1.29 is 28.9 Å². The molecule has 1 aromatic carbocycles. The van der Waals surface area contributed by atoms with Crippen LogP contribution in [0.4, 0.5) is 4.79 Å². The number of hydrazone groups is 1. The van der Waals surface area contributed by atoms with Crippen LogP contribution >= 0.6 is 0 Å². The standard InChI is InChI=1S/C14H18N2O6/c1-4-21-14(19)16-15-9(2)10-5-6-11(12(7-10)20-3)22-8-13(17)18/h5-7H,4,8H2,1-3H3,(H,16,19)(H,17,18)/b15-9-. The Morgan fingerprint density at radius 3 is 2.64 bits per heavy atom. The first-order chi connectivity index (χ1) is 10.5. The number of benzene rings is 1. The molecule has 0 unspecified atom stereocenters. The number of nitrogens with one attached hydrogen (secondary N) is 1. The molecule has 0 saturated heterocycles. The highest BCUT2D eigenvalue weighted by Gasteiger charge is 2.09. The summed E-state index contributed by atoms with van der Waals surface area (Å²) in [6.07, 6.45) is -0.643. The van der Waals surface area contributed by atoms with Crippen molar-refractivity contribution in [3.05, 3.63) is 23.8 Å². The van der Waals surface area contributed by atoms with Gasteiger partial charge in [-0.1, -0.05) is 0 Å². The lowest BCUT2D eigenvalue weighted by Gasteiger charge is -2.11. The topological polar surface area (TPSA) is 106 Å². The molecule has 0 radical (unpaired) electrons. The summed E-state index contributed by atoms with van der Waals surface area (Å²) in [5.74, 6) is -0.410. The van der Waals surface area contributed by atoms with Crippen LogP contribution in [0.1, 0.15) is 19.4 Å². The Bertz CT molecular complexity index is 570. The maximum absolute atomic E-state index is 11.2. The van der Waals surface area contributed by atoms with Crippen LogP contribution in [0.25, 0.3) is 0 Å². The van der Waals surface area contributed by atoms with Crippen molar-refractivity contribution in [1.82, 2.24) is 5.43 Å². The Hall–Kier alpha value is -2.77. The molecule has 1 aromatic rings. The van der Waals surface area contributed by atoms with Gasteiger partial charge in [-0.15, -0.1) is 0 Å². The number of carboxylic acid groups (broad SMARTS) is 1. The van der Waals surface area contributed by atoms with E-state index in [2.05, 4.69) is 15.3 Å². The summed E-state index contributed by atoms with van der Waals surface area (Å²) in [5.41, 5.74) is 3.45. The van der Waals surface area contributed by atoms with Gasteiger partial charge in [0.25, 0.3) is 0 Å². The Morgan fingerprint density at radius 1 is 1.32 bits per heavy atom. The molecule has 0 atom stereocenters. The number of carbonyl (C=O) groups is 2. The van der Waals surface area contributed by atoms with Gasteiger partial charge >= 0.3 is 12.1 Å². The minimum atomic E-state index is -1.08. The minimum absolute atomic E-state index is 0.254. The van der Waals surface area contributed by atoms with Crippen molar-refractivity contribution in [3.8, 4) is 11.5 Å². The van der Waals surface area contributed by atoms with Gasteiger partial charge in [-0.05, 0) is 32.0 Å². The van der Waals surface area contributed by atoms with E-state index in [0.29, 0.717) is 22.8 Å². The van der Waals surface area contributed by atoms with Crippen molar-refractivity contribution >= 4 is 17.8 Å². The van der Waals surface area contributed by atoms with Crippen molar-refractivity contribution in [3.63, 3.8) is 0 Å². The number of ether oxygens (including phenoxy) is 3. The van der Waals surface area contributed by atoms with Gasteiger partial charge in [-0.3, -0.25) is 0 Å². The highest BCUT2D eigenvalue weighted by atomic mass is 16.6. The SMILES string of the molecule is CCOC(=O)N/N=C(/C)c1ccc(OCC(=O)O)c(OC)c1. The van der Waals surface area contributed by atoms with E-state index in [1.807, 2.05) is 0 Å². The van der Waals surface area contributed by atoms with Crippen LogP contribution in [0.3, 0.4) is 0 Å². The number of hydrogen-bond acceptors (Lipinski definition) is 6. The third-order valence-electron chi connectivity index (χ3n) is 2.52. The number of methoxy groups -OCH3 is 1. The van der Waals surface area contributed by atoms with Gasteiger partial charge in [-0.25, -0.2) is 15.0 Å². The van der Waals surface area contributed by atoms with E-state index in [0.717, 1.165) is 0 Å². The van der Waals surface area contributed by atoms with Crippen molar-refractivity contribution in [2.45, 2.75) is 13.8 Å². The normalized spacial score (nSPS) is 10.8. The first kappa shape index (κ1) is 17.3. The van der Waals surface area contributed by atoms with Crippen LogP contribution in [0.2, 0.25) is 0 Å². The summed E-state index contributed by atoms with van der Waals surface area (Å²) < 4.78 is 14.9. The Labute approximate surface area is 127 Å². The summed E-state index contributed by atoms with van der Waals surface area (Å²) in [4.78, 5) is 21.7. The van der Waals surface area contributed by atoms with Gasteiger partial charge in [-0.2, -0.15) is 5.10 Å². The van der Waals surface area contributed by atoms with E-state index in [9.17, 15) is 9.59 Å². The van der Waals surface area contributed by atoms with E-state index in [1.54, 1.807) is 32.0 Å². The van der Waals surface area contributed by atoms with Crippen molar-refractivity contribution in [2.75, 3.05) is 20.3 Å². The second-order valence-electron chi connectivity index (χ2n) is 4.08. The fourth-order valence-corrected chi connectivity index (χ4v) is 1.51. The van der Waals surface area contributed by atoms with E-state index < -0.39 is 18.7 Å². The molecule has 2 N–H and O–H groups in total. The molecule has 8 nitrogen and oxygen atoms in total. The summed E-state index contributed by atoms with van der Waals surface area (Å²) in [6, 6.07) is 4.87. The molecule has 0 spiro atoms. The van der Waals surface area contributed by atoms with Crippen LogP contribution in [0.15, 0.2) is 23.3 Å². The molecule has 8 heteroatoms. The summed E-state index contributed by atoms with van der Waals surface area (Å²) >= 11 is 0. The van der Waals surface area contributed by atoms with Gasteiger partial charge < -0.3 is 19.3 Å². The van der Waals surface area contributed by atoms with Crippen LogP contribution in [0.5, 0.6) is 11.5 Å². The first-order valence-electron chi connectivity index (χ1n) is 6.48. The van der Waals surface area contributed by atoms with Crippen LogP contribution in [0, 0.1) is 0 Å². The Kier molecular flexibility index (Phi) is 6.68. The number of amides is 1. The number of hydrogen-bond donors (Lipinski definition) is 2. The zero-order chi connectivity index (χ0) is 16.5. The molecule has 0 aliphatic carbocycles. The quantitative estimate of drug-likeness (QED) is 0.585. The first-order valence-corrected chi connectivity index (χ1v) is 6.48. The zero-order valence-corrected chi connectivity index (χ0v) is 12.6. The summed E-state index contributed by atoms with van der Waals surface area (Å²) in [5, 5.41) is 12.5. The average Bonchev–Trinajstić information content (AvgIpc) is 2.50. The van der Waals surface area contributed by atoms with E-state index in [-0.39, 0.29) is 6.61 Å². The molecular formula is C14H18N2O6. The molecule has 0 aliphatic rings. The predicted octanol–water partition coefficient (Wildman–Crippen LogP) is 1.63. The highest BCUT2D eigenvalue weighted by molar-refractivity contribution is 5.99. The van der Waals surface area contributed by atoms with E-state index in [4.69, 9.17) is 14.6 Å². The maximum Gasteiger partial charge on any atom is 0.427 e. The lowest BCUT2D eigenvalue weighted by Crippen LogP contribution is -2.20. The fourth-order valence-electron chi connectivity index (χ4n) is 1.51. The number of carboxylic acids is 1. The fraction of sp³-hybridized carbons (Fsp3) is 0.357. The van der Waals surface area contributed by atoms with Gasteiger partial charge in [0.1, 0.15) is 0 Å². The van der Waals surface area contributed by atoms with Gasteiger partial charge in [0.2, 0.25) is 0 Å². The molecule has 0 fully saturated rings.